The number of nitrogens with zero attached hydrogens (tertiary/aromatic N) is 2. The van der Waals surface area contributed by atoms with Gasteiger partial charge in [0.25, 0.3) is 0 Å². The van der Waals surface area contributed by atoms with Crippen molar-refractivity contribution in [1.82, 2.24) is 9.80 Å². The van der Waals surface area contributed by atoms with Crippen molar-refractivity contribution in [3.05, 3.63) is 30.3 Å². The van der Waals surface area contributed by atoms with Gasteiger partial charge in [-0.25, -0.2) is 4.79 Å². The molecule has 3 aliphatic heterocycles. The zero-order valence-corrected chi connectivity index (χ0v) is 13.6. The monoisotopic (exact) mass is 315 g/mol. The first kappa shape index (κ1) is 14.0. The van der Waals surface area contributed by atoms with Gasteiger partial charge in [-0.3, -0.25) is 5.32 Å². The lowest BCUT2D eigenvalue weighted by molar-refractivity contribution is 0.0336. The van der Waals surface area contributed by atoms with E-state index in [1.54, 1.807) is 11.3 Å². The third-order valence-electron chi connectivity index (χ3n) is 5.10. The number of hydrogen-bond donors (Lipinski definition) is 1. The summed E-state index contributed by atoms with van der Waals surface area (Å²) in [5.41, 5.74) is 0. The highest BCUT2D eigenvalue weighted by molar-refractivity contribution is 7.22. The van der Waals surface area contributed by atoms with E-state index in [4.69, 9.17) is 0 Å². The number of thiophene rings is 1. The number of hydrogen-bond acceptors (Lipinski definition) is 3. The first-order valence-electron chi connectivity index (χ1n) is 7.95. The summed E-state index contributed by atoms with van der Waals surface area (Å²) in [6, 6.07) is 10.7. The highest BCUT2D eigenvalue weighted by atomic mass is 32.1. The first-order chi connectivity index (χ1) is 10.7. The molecule has 5 heteroatoms. The Balaban J connectivity index is 1.47. The smallest absolute Gasteiger partial charge is 0.322 e. The van der Waals surface area contributed by atoms with Gasteiger partial charge in [0.2, 0.25) is 0 Å². The maximum Gasteiger partial charge on any atom is 0.322 e. The number of anilines is 1. The van der Waals surface area contributed by atoms with Gasteiger partial charge >= 0.3 is 6.03 Å². The topological polar surface area (TPSA) is 35.6 Å². The molecular weight excluding hydrogens is 294 g/mol. The summed E-state index contributed by atoms with van der Waals surface area (Å²) >= 11 is 1.64. The van der Waals surface area contributed by atoms with Gasteiger partial charge in [-0.1, -0.05) is 18.2 Å². The third kappa shape index (κ3) is 2.48. The average molecular weight is 315 g/mol. The van der Waals surface area contributed by atoms with Crippen LogP contribution in [0.2, 0.25) is 0 Å². The van der Waals surface area contributed by atoms with Crippen LogP contribution in [0.5, 0.6) is 0 Å². The molecule has 1 atom stereocenters. The van der Waals surface area contributed by atoms with Crippen molar-refractivity contribution in [3.63, 3.8) is 0 Å². The Kier molecular flexibility index (Phi) is 3.54. The average Bonchev–Trinajstić information content (AvgIpc) is 2.97. The van der Waals surface area contributed by atoms with E-state index < -0.39 is 0 Å². The Labute approximate surface area is 134 Å². The summed E-state index contributed by atoms with van der Waals surface area (Å²) in [6.07, 6.45) is 2.45. The number of amides is 2. The SMILES string of the molecule is CN(C(=O)Nc1cc2ccccc2s1)C1CN2CCC1CC2. The maximum atomic E-state index is 12.6. The molecule has 4 heterocycles. The van der Waals surface area contributed by atoms with Gasteiger partial charge in [-0.2, -0.15) is 0 Å². The van der Waals surface area contributed by atoms with Crippen molar-refractivity contribution in [2.75, 3.05) is 32.0 Å². The van der Waals surface area contributed by atoms with Crippen molar-refractivity contribution >= 4 is 32.5 Å². The fourth-order valence-electron chi connectivity index (χ4n) is 3.76. The van der Waals surface area contributed by atoms with Crippen LogP contribution < -0.4 is 5.32 Å². The minimum absolute atomic E-state index is 0.0188. The molecule has 0 spiro atoms. The number of likely N-dealkylation sites (N-methyl/N-ethyl adjacent to an activating group) is 1. The molecular formula is C17H21N3OS. The number of rotatable bonds is 2. The van der Waals surface area contributed by atoms with Crippen molar-refractivity contribution in [3.8, 4) is 0 Å². The number of carbonyl (C=O) groups is 1. The van der Waals surface area contributed by atoms with Crippen LogP contribution in [0.25, 0.3) is 10.1 Å². The van der Waals surface area contributed by atoms with Crippen LogP contribution in [-0.2, 0) is 0 Å². The second kappa shape index (κ2) is 5.56. The number of urea groups is 1. The van der Waals surface area contributed by atoms with Gasteiger partial charge in [-0.15, -0.1) is 11.3 Å². The van der Waals surface area contributed by atoms with Crippen molar-refractivity contribution < 1.29 is 4.79 Å². The molecule has 0 saturated carbocycles. The van der Waals surface area contributed by atoms with Crippen molar-refractivity contribution in [2.24, 2.45) is 5.92 Å². The molecule has 2 aromatic rings. The first-order valence-corrected chi connectivity index (χ1v) is 8.77. The van der Waals surface area contributed by atoms with Gasteiger partial charge in [0, 0.05) is 24.3 Å². The summed E-state index contributed by atoms with van der Waals surface area (Å²) in [4.78, 5) is 17.0. The van der Waals surface area contributed by atoms with Crippen LogP contribution in [-0.4, -0.2) is 48.6 Å². The second-order valence-corrected chi connectivity index (χ2v) is 7.48. The lowest BCUT2D eigenvalue weighted by Gasteiger charge is -2.47. The van der Waals surface area contributed by atoms with E-state index in [-0.39, 0.29) is 6.03 Å². The molecule has 5 rings (SSSR count). The second-order valence-electron chi connectivity index (χ2n) is 6.39. The fourth-order valence-corrected chi connectivity index (χ4v) is 4.71. The molecule has 1 N–H and O–H groups in total. The summed E-state index contributed by atoms with van der Waals surface area (Å²) in [5.74, 6) is 0.670. The van der Waals surface area contributed by atoms with E-state index in [1.165, 1.54) is 36.0 Å². The summed E-state index contributed by atoms with van der Waals surface area (Å²) in [6.45, 7) is 3.43. The van der Waals surface area contributed by atoms with Crippen molar-refractivity contribution in [2.45, 2.75) is 18.9 Å². The minimum Gasteiger partial charge on any atom is -0.323 e. The zero-order chi connectivity index (χ0) is 15.1. The Morgan fingerprint density at radius 2 is 2.09 bits per heavy atom. The molecule has 22 heavy (non-hydrogen) atoms. The third-order valence-corrected chi connectivity index (χ3v) is 6.13. The molecule has 3 fully saturated rings. The predicted octanol–water partition coefficient (Wildman–Crippen LogP) is 3.46. The molecule has 116 valence electrons. The van der Waals surface area contributed by atoms with E-state index in [9.17, 15) is 4.79 Å². The molecule has 1 aromatic heterocycles. The lowest BCUT2D eigenvalue weighted by atomic mass is 9.83. The number of fused-ring (bicyclic) bond motifs is 4. The van der Waals surface area contributed by atoms with Crippen LogP contribution in [0.1, 0.15) is 12.8 Å². The normalized spacial score (nSPS) is 27.0. The quantitative estimate of drug-likeness (QED) is 0.921. The van der Waals surface area contributed by atoms with Gasteiger partial charge in [0.05, 0.1) is 5.00 Å². The van der Waals surface area contributed by atoms with E-state index in [0.29, 0.717) is 12.0 Å². The molecule has 4 nitrogen and oxygen atoms in total. The van der Waals surface area contributed by atoms with Crippen LogP contribution >= 0.6 is 11.3 Å². The number of piperidine rings is 3. The van der Waals surface area contributed by atoms with Gasteiger partial charge in [0.1, 0.15) is 0 Å². The number of benzene rings is 1. The van der Waals surface area contributed by atoms with E-state index in [1.807, 2.05) is 24.1 Å². The van der Waals surface area contributed by atoms with Gasteiger partial charge < -0.3 is 9.80 Å². The predicted molar refractivity (Wildman–Crippen MR) is 91.6 cm³/mol. The van der Waals surface area contributed by atoms with E-state index >= 15 is 0 Å². The van der Waals surface area contributed by atoms with Gasteiger partial charge in [0.15, 0.2) is 0 Å². The summed E-state index contributed by atoms with van der Waals surface area (Å²) < 4.78 is 1.21. The van der Waals surface area contributed by atoms with E-state index in [2.05, 4.69) is 28.4 Å². The minimum atomic E-state index is 0.0188. The molecule has 2 amide bonds. The highest BCUT2D eigenvalue weighted by Crippen LogP contribution is 2.32. The molecule has 0 aliphatic carbocycles. The Bertz CT molecular complexity index is 657. The molecule has 3 saturated heterocycles. The van der Waals surface area contributed by atoms with Crippen LogP contribution in [0.4, 0.5) is 9.80 Å². The molecule has 1 aromatic carbocycles. The fraction of sp³-hybridized carbons (Fsp3) is 0.471. The van der Waals surface area contributed by atoms with Crippen LogP contribution in [0.15, 0.2) is 30.3 Å². The molecule has 1 unspecified atom stereocenters. The Morgan fingerprint density at radius 3 is 2.77 bits per heavy atom. The maximum absolute atomic E-state index is 12.6. The van der Waals surface area contributed by atoms with Crippen LogP contribution in [0.3, 0.4) is 0 Å². The Morgan fingerprint density at radius 1 is 1.32 bits per heavy atom. The molecule has 2 bridgehead atoms. The molecule has 3 aliphatic rings. The lowest BCUT2D eigenvalue weighted by Crippen LogP contribution is -2.58. The van der Waals surface area contributed by atoms with Crippen molar-refractivity contribution in [1.29, 1.82) is 0 Å². The molecule has 0 radical (unpaired) electrons. The Hall–Kier alpha value is -1.59. The largest absolute Gasteiger partial charge is 0.323 e. The summed E-state index contributed by atoms with van der Waals surface area (Å²) in [5, 5.41) is 5.19. The van der Waals surface area contributed by atoms with Gasteiger partial charge in [-0.05, 0) is 49.4 Å². The zero-order valence-electron chi connectivity index (χ0n) is 12.8. The highest BCUT2D eigenvalue weighted by Gasteiger charge is 2.37. The number of nitrogens with one attached hydrogen (secondary N) is 1. The summed E-state index contributed by atoms with van der Waals surface area (Å²) in [7, 11) is 1.94. The van der Waals surface area contributed by atoms with E-state index in [0.717, 1.165) is 11.5 Å². The van der Waals surface area contributed by atoms with Crippen LogP contribution in [0, 0.1) is 5.92 Å². The number of carbonyl (C=O) groups excluding carboxylic acids is 1. The standard InChI is InChI=1S/C17H21N3OS/c1-19(14-11-20-8-6-12(14)7-9-20)17(21)18-16-10-13-4-2-3-5-15(13)22-16/h2-5,10,12,14H,6-9,11H2,1H3,(H,18,21).